The summed E-state index contributed by atoms with van der Waals surface area (Å²) in [5.74, 6) is -3.25. The zero-order chi connectivity index (χ0) is 15.8. The van der Waals surface area contributed by atoms with E-state index in [0.717, 1.165) is 6.07 Å². The predicted molar refractivity (Wildman–Crippen MR) is 70.2 cm³/mol. The highest BCUT2D eigenvalue weighted by Gasteiger charge is 2.17. The molecule has 0 fully saturated rings. The van der Waals surface area contributed by atoms with E-state index in [1.807, 2.05) is 0 Å². The second kappa shape index (κ2) is 7.95. The van der Waals surface area contributed by atoms with Crippen LogP contribution in [0.3, 0.4) is 0 Å². The summed E-state index contributed by atoms with van der Waals surface area (Å²) in [6.45, 7) is -0.635. The number of hydrogen-bond acceptors (Lipinski definition) is 4. The van der Waals surface area contributed by atoms with Gasteiger partial charge < -0.3 is 20.5 Å². The first-order valence-corrected chi connectivity index (χ1v) is 6.00. The molecule has 21 heavy (non-hydrogen) atoms. The second-order valence-electron chi connectivity index (χ2n) is 4.03. The summed E-state index contributed by atoms with van der Waals surface area (Å²) in [4.78, 5) is 33.7. The molecule has 7 nitrogen and oxygen atoms in total. The Bertz CT molecular complexity index is 535. The molecule has 1 aromatic rings. The summed E-state index contributed by atoms with van der Waals surface area (Å²) in [6, 6.07) is 5.35. The third-order valence-electron chi connectivity index (χ3n) is 2.57. The van der Waals surface area contributed by atoms with Crippen molar-refractivity contribution >= 4 is 17.8 Å². The monoisotopic (exact) mass is 298 g/mol. The van der Waals surface area contributed by atoms with Crippen LogP contribution < -0.4 is 10.6 Å². The Morgan fingerprint density at radius 1 is 1.29 bits per heavy atom. The van der Waals surface area contributed by atoms with E-state index < -0.39 is 36.2 Å². The fraction of sp³-hybridized carbons (Fsp3) is 0.308. The van der Waals surface area contributed by atoms with Crippen molar-refractivity contribution < 1.29 is 28.6 Å². The Kier molecular flexibility index (Phi) is 6.28. The molecule has 0 spiro atoms. The molecule has 0 aliphatic carbocycles. The lowest BCUT2D eigenvalue weighted by Crippen LogP contribution is -2.42. The number of carboxylic acids is 1. The number of methoxy groups -OCH3 is 1. The number of rotatable bonds is 7. The molecule has 0 bridgehead atoms. The minimum atomic E-state index is -1.21. The molecule has 0 aliphatic rings. The molecule has 3 N–H and O–H groups in total. The Morgan fingerprint density at radius 3 is 2.52 bits per heavy atom. The van der Waals surface area contributed by atoms with Crippen molar-refractivity contribution in [2.24, 2.45) is 0 Å². The van der Waals surface area contributed by atoms with Crippen molar-refractivity contribution in [3.63, 3.8) is 0 Å². The first-order valence-electron chi connectivity index (χ1n) is 6.00. The van der Waals surface area contributed by atoms with Gasteiger partial charge in [-0.2, -0.15) is 0 Å². The molecule has 0 heterocycles. The minimum Gasteiger partial charge on any atom is -0.479 e. The quantitative estimate of drug-likeness (QED) is 0.645. The molecule has 1 aromatic carbocycles. The third-order valence-corrected chi connectivity index (χ3v) is 2.57. The molecule has 2 amide bonds. The lowest BCUT2D eigenvalue weighted by molar-refractivity contribution is -0.148. The van der Waals surface area contributed by atoms with Crippen LogP contribution in [0.25, 0.3) is 0 Å². The summed E-state index contributed by atoms with van der Waals surface area (Å²) >= 11 is 0. The van der Waals surface area contributed by atoms with Gasteiger partial charge in [0.05, 0.1) is 18.7 Å². The number of amides is 2. The number of benzene rings is 1. The Balaban J connectivity index is 2.41. The van der Waals surface area contributed by atoms with Gasteiger partial charge in [0, 0.05) is 7.11 Å². The highest BCUT2D eigenvalue weighted by Crippen LogP contribution is 2.05. The van der Waals surface area contributed by atoms with Crippen molar-refractivity contribution in [2.75, 3.05) is 20.2 Å². The van der Waals surface area contributed by atoms with Gasteiger partial charge in [-0.25, -0.2) is 9.18 Å². The number of halogens is 1. The molecule has 0 aromatic heterocycles. The van der Waals surface area contributed by atoms with Crippen LogP contribution in [-0.4, -0.2) is 49.2 Å². The molecular weight excluding hydrogens is 283 g/mol. The van der Waals surface area contributed by atoms with Crippen molar-refractivity contribution in [3.05, 3.63) is 35.6 Å². The summed E-state index contributed by atoms with van der Waals surface area (Å²) in [5.41, 5.74) is -0.175. The highest BCUT2D eigenvalue weighted by atomic mass is 19.1. The molecule has 0 saturated carbocycles. The van der Waals surface area contributed by atoms with Crippen molar-refractivity contribution in [1.82, 2.24) is 10.6 Å². The summed E-state index contributed by atoms with van der Waals surface area (Å²) in [5, 5.41) is 13.2. The van der Waals surface area contributed by atoms with Crippen LogP contribution in [-0.2, 0) is 14.3 Å². The molecule has 8 heteroatoms. The zero-order valence-electron chi connectivity index (χ0n) is 11.3. The average molecular weight is 298 g/mol. The maximum Gasteiger partial charge on any atom is 0.334 e. The number of hydrogen-bond donors (Lipinski definition) is 3. The zero-order valence-corrected chi connectivity index (χ0v) is 11.3. The van der Waals surface area contributed by atoms with Gasteiger partial charge in [0.2, 0.25) is 5.91 Å². The lowest BCUT2D eigenvalue weighted by Gasteiger charge is -2.12. The van der Waals surface area contributed by atoms with Crippen molar-refractivity contribution in [2.45, 2.75) is 6.10 Å². The fourth-order valence-corrected chi connectivity index (χ4v) is 1.44. The summed E-state index contributed by atoms with van der Waals surface area (Å²) in [7, 11) is 1.20. The standard InChI is InChI=1S/C13H15FN2O5/c1-21-10(13(19)20)6-15-11(17)7-16-12(18)8-4-2-3-5-9(8)14/h2-5,10H,6-7H2,1H3,(H,15,17)(H,16,18)(H,19,20). The smallest absolute Gasteiger partial charge is 0.334 e. The number of nitrogens with one attached hydrogen (secondary N) is 2. The summed E-state index contributed by atoms with van der Waals surface area (Å²) in [6.07, 6.45) is -1.17. The van der Waals surface area contributed by atoms with Crippen LogP contribution in [0.2, 0.25) is 0 Å². The Hall–Kier alpha value is -2.48. The minimum absolute atomic E-state index is 0.175. The van der Waals surface area contributed by atoms with Crippen molar-refractivity contribution in [3.8, 4) is 0 Å². The number of carbonyl (C=O) groups excluding carboxylic acids is 2. The van der Waals surface area contributed by atoms with Gasteiger partial charge >= 0.3 is 5.97 Å². The molecule has 0 saturated heterocycles. The number of aliphatic carboxylic acids is 1. The van der Waals surface area contributed by atoms with Gasteiger partial charge in [-0.1, -0.05) is 12.1 Å². The average Bonchev–Trinajstić information content (AvgIpc) is 2.45. The van der Waals surface area contributed by atoms with Gasteiger partial charge in [-0.05, 0) is 12.1 Å². The fourth-order valence-electron chi connectivity index (χ4n) is 1.44. The van der Waals surface area contributed by atoms with Gasteiger partial charge in [-0.3, -0.25) is 9.59 Å². The van der Waals surface area contributed by atoms with Crippen LogP contribution in [0.4, 0.5) is 4.39 Å². The molecular formula is C13H15FN2O5. The van der Waals surface area contributed by atoms with E-state index in [9.17, 15) is 18.8 Å². The van der Waals surface area contributed by atoms with Crippen LogP contribution in [0.1, 0.15) is 10.4 Å². The van der Waals surface area contributed by atoms with Gasteiger partial charge in [-0.15, -0.1) is 0 Å². The first kappa shape index (κ1) is 16.6. The predicted octanol–water partition coefficient (Wildman–Crippen LogP) is -0.229. The SMILES string of the molecule is COC(CNC(=O)CNC(=O)c1ccccc1F)C(=O)O. The number of carbonyl (C=O) groups is 3. The van der Waals surface area contributed by atoms with E-state index in [1.54, 1.807) is 0 Å². The maximum absolute atomic E-state index is 13.3. The first-order chi connectivity index (χ1) is 9.95. The van der Waals surface area contributed by atoms with E-state index in [0.29, 0.717) is 0 Å². The number of carboxylic acid groups (broad SMARTS) is 1. The number of ether oxygens (including phenoxy) is 1. The molecule has 114 valence electrons. The molecule has 0 radical (unpaired) electrons. The third kappa shape index (κ3) is 5.19. The van der Waals surface area contributed by atoms with E-state index in [-0.39, 0.29) is 12.1 Å². The van der Waals surface area contributed by atoms with Crippen molar-refractivity contribution in [1.29, 1.82) is 0 Å². The van der Waals surface area contributed by atoms with Crippen LogP contribution in [0.15, 0.2) is 24.3 Å². The Labute approximate surface area is 120 Å². The van der Waals surface area contributed by atoms with E-state index in [2.05, 4.69) is 15.4 Å². The topological polar surface area (TPSA) is 105 Å². The highest BCUT2D eigenvalue weighted by molar-refractivity contribution is 5.96. The van der Waals surface area contributed by atoms with Crippen LogP contribution in [0.5, 0.6) is 0 Å². The van der Waals surface area contributed by atoms with E-state index in [1.165, 1.54) is 25.3 Å². The lowest BCUT2D eigenvalue weighted by atomic mass is 10.2. The van der Waals surface area contributed by atoms with Gasteiger partial charge in [0.25, 0.3) is 5.91 Å². The van der Waals surface area contributed by atoms with Crippen LogP contribution >= 0.6 is 0 Å². The normalized spacial score (nSPS) is 11.5. The summed E-state index contributed by atoms with van der Waals surface area (Å²) < 4.78 is 17.9. The van der Waals surface area contributed by atoms with Gasteiger partial charge in [0.15, 0.2) is 6.10 Å². The molecule has 1 rings (SSSR count). The Morgan fingerprint density at radius 2 is 1.95 bits per heavy atom. The molecule has 1 atom stereocenters. The molecule has 1 unspecified atom stereocenters. The van der Waals surface area contributed by atoms with E-state index in [4.69, 9.17) is 5.11 Å². The largest absolute Gasteiger partial charge is 0.479 e. The van der Waals surface area contributed by atoms with Crippen LogP contribution in [0, 0.1) is 5.82 Å². The molecule has 0 aliphatic heterocycles. The maximum atomic E-state index is 13.3. The second-order valence-corrected chi connectivity index (χ2v) is 4.03. The van der Waals surface area contributed by atoms with Gasteiger partial charge in [0.1, 0.15) is 5.82 Å². The van der Waals surface area contributed by atoms with E-state index >= 15 is 0 Å².